The van der Waals surface area contributed by atoms with E-state index in [0.29, 0.717) is 23.9 Å². The van der Waals surface area contributed by atoms with Gasteiger partial charge in [-0.1, -0.05) is 6.92 Å². The van der Waals surface area contributed by atoms with Crippen LogP contribution in [0.5, 0.6) is 0 Å². The van der Waals surface area contributed by atoms with E-state index in [1.54, 1.807) is 17.1 Å². The second-order valence-corrected chi connectivity index (χ2v) is 5.91. The van der Waals surface area contributed by atoms with Gasteiger partial charge in [-0.25, -0.2) is 4.68 Å². The van der Waals surface area contributed by atoms with Crippen molar-refractivity contribution in [2.24, 2.45) is 5.92 Å². The zero-order valence-corrected chi connectivity index (χ0v) is 13.1. The molecule has 0 saturated carbocycles. The number of nitrogens with zero attached hydrogens (tertiary/aromatic N) is 7. The molecule has 0 aromatic carbocycles. The number of hydrogen-bond acceptors (Lipinski definition) is 6. The minimum atomic E-state index is 0.187. The highest BCUT2D eigenvalue weighted by molar-refractivity contribution is 6.28. The Morgan fingerprint density at radius 1 is 1.19 bits per heavy atom. The third kappa shape index (κ3) is 2.84. The zero-order chi connectivity index (χ0) is 15.0. The van der Waals surface area contributed by atoms with Crippen LogP contribution in [-0.2, 0) is 0 Å². The zero-order valence-electron chi connectivity index (χ0n) is 12.3. The van der Waals surface area contributed by atoms with Gasteiger partial charge in [-0.2, -0.15) is 20.1 Å². The van der Waals surface area contributed by atoms with Crippen molar-refractivity contribution in [2.45, 2.75) is 13.0 Å². The van der Waals surface area contributed by atoms with Gasteiger partial charge in [-0.15, -0.1) is 0 Å². The van der Waals surface area contributed by atoms with Crippen LogP contribution in [0, 0.1) is 5.92 Å². The second kappa shape index (κ2) is 5.57. The molecule has 3 rings (SSSR count). The van der Waals surface area contributed by atoms with Crippen molar-refractivity contribution in [1.29, 1.82) is 0 Å². The average molecular weight is 308 g/mol. The molecule has 1 fully saturated rings. The molecule has 3 heterocycles. The molecule has 0 amide bonds. The van der Waals surface area contributed by atoms with Crippen molar-refractivity contribution in [3.8, 4) is 5.95 Å². The maximum absolute atomic E-state index is 6.04. The molecule has 1 saturated heterocycles. The monoisotopic (exact) mass is 307 g/mol. The van der Waals surface area contributed by atoms with Crippen LogP contribution in [0.1, 0.15) is 6.92 Å². The van der Waals surface area contributed by atoms with Gasteiger partial charge >= 0.3 is 0 Å². The van der Waals surface area contributed by atoms with Crippen molar-refractivity contribution in [3.63, 3.8) is 0 Å². The number of halogens is 1. The maximum atomic E-state index is 6.04. The van der Waals surface area contributed by atoms with Gasteiger partial charge in [0.2, 0.25) is 11.2 Å². The Labute approximate surface area is 128 Å². The molecule has 8 heteroatoms. The SMILES string of the molecule is CC1CN(c2nc(Cl)nc(-n3cccn3)n2)CC1N(C)C. The Morgan fingerprint density at radius 3 is 2.57 bits per heavy atom. The molecular weight excluding hydrogens is 290 g/mol. The molecular formula is C13H18ClN7. The molecule has 7 nitrogen and oxygen atoms in total. The molecule has 0 N–H and O–H groups in total. The minimum Gasteiger partial charge on any atom is -0.339 e. The van der Waals surface area contributed by atoms with E-state index < -0.39 is 0 Å². The fourth-order valence-corrected chi connectivity index (χ4v) is 2.90. The van der Waals surface area contributed by atoms with Crippen molar-refractivity contribution in [1.82, 2.24) is 29.6 Å². The van der Waals surface area contributed by atoms with Gasteiger partial charge in [-0.3, -0.25) is 0 Å². The van der Waals surface area contributed by atoms with Gasteiger partial charge in [0, 0.05) is 31.5 Å². The number of rotatable bonds is 3. The third-order valence-electron chi connectivity index (χ3n) is 3.81. The molecule has 0 radical (unpaired) electrons. The van der Waals surface area contributed by atoms with Gasteiger partial charge < -0.3 is 9.80 Å². The predicted molar refractivity (Wildman–Crippen MR) is 80.8 cm³/mol. The Kier molecular flexibility index (Phi) is 3.77. The van der Waals surface area contributed by atoms with E-state index in [0.717, 1.165) is 13.1 Å². The first-order chi connectivity index (χ1) is 10.0. The molecule has 21 heavy (non-hydrogen) atoms. The summed E-state index contributed by atoms with van der Waals surface area (Å²) in [6.45, 7) is 4.02. The lowest BCUT2D eigenvalue weighted by molar-refractivity contribution is 0.266. The summed E-state index contributed by atoms with van der Waals surface area (Å²) in [6.07, 6.45) is 3.46. The van der Waals surface area contributed by atoms with Gasteiger partial charge in [0.25, 0.3) is 5.95 Å². The number of aromatic nitrogens is 5. The van der Waals surface area contributed by atoms with Gasteiger partial charge in [0.05, 0.1) is 0 Å². The van der Waals surface area contributed by atoms with E-state index in [1.165, 1.54) is 0 Å². The first kappa shape index (κ1) is 14.2. The Balaban J connectivity index is 1.90. The lowest BCUT2D eigenvalue weighted by Crippen LogP contribution is -2.34. The lowest BCUT2D eigenvalue weighted by Gasteiger charge is -2.22. The van der Waals surface area contributed by atoms with E-state index in [1.807, 2.05) is 6.07 Å². The van der Waals surface area contributed by atoms with Crippen LogP contribution in [0.3, 0.4) is 0 Å². The predicted octanol–water partition coefficient (Wildman–Crippen LogP) is 1.10. The summed E-state index contributed by atoms with van der Waals surface area (Å²) in [6, 6.07) is 2.30. The van der Waals surface area contributed by atoms with E-state index in [9.17, 15) is 0 Å². The summed E-state index contributed by atoms with van der Waals surface area (Å²) < 4.78 is 1.58. The highest BCUT2D eigenvalue weighted by Crippen LogP contribution is 2.24. The quantitative estimate of drug-likeness (QED) is 0.846. The normalized spacial score (nSPS) is 22.2. The third-order valence-corrected chi connectivity index (χ3v) is 3.98. The summed E-state index contributed by atoms with van der Waals surface area (Å²) in [5, 5.41) is 4.32. The Bertz CT molecular complexity index is 613. The molecule has 2 aromatic heterocycles. The van der Waals surface area contributed by atoms with E-state index >= 15 is 0 Å². The lowest BCUT2D eigenvalue weighted by atomic mass is 10.1. The average Bonchev–Trinajstić information content (AvgIpc) is 3.06. The standard InChI is InChI=1S/C13H18ClN7/c1-9-7-20(8-10(9)19(2)3)12-16-11(14)17-13(18-12)21-6-4-5-15-21/h4-6,9-10H,7-8H2,1-3H3. The van der Waals surface area contributed by atoms with Gasteiger partial charge in [-0.05, 0) is 37.7 Å². The van der Waals surface area contributed by atoms with Gasteiger partial charge in [0.1, 0.15) is 0 Å². The van der Waals surface area contributed by atoms with Crippen molar-refractivity contribution in [3.05, 3.63) is 23.7 Å². The van der Waals surface area contributed by atoms with Crippen LogP contribution >= 0.6 is 11.6 Å². The summed E-state index contributed by atoms with van der Waals surface area (Å²) >= 11 is 6.04. The first-order valence-corrected chi connectivity index (χ1v) is 7.25. The summed E-state index contributed by atoms with van der Waals surface area (Å²) in [7, 11) is 4.19. The number of hydrogen-bond donors (Lipinski definition) is 0. The fraction of sp³-hybridized carbons (Fsp3) is 0.538. The molecule has 0 aliphatic carbocycles. The van der Waals surface area contributed by atoms with Crippen LogP contribution in [0.2, 0.25) is 5.28 Å². The topological polar surface area (TPSA) is 63.0 Å². The Morgan fingerprint density at radius 2 is 1.95 bits per heavy atom. The summed E-state index contributed by atoms with van der Waals surface area (Å²) in [5.41, 5.74) is 0. The number of likely N-dealkylation sites (N-methyl/N-ethyl adjacent to an activating group) is 1. The maximum Gasteiger partial charge on any atom is 0.256 e. The second-order valence-electron chi connectivity index (χ2n) is 5.57. The molecule has 0 bridgehead atoms. The highest BCUT2D eigenvalue weighted by Gasteiger charge is 2.32. The van der Waals surface area contributed by atoms with Crippen LogP contribution in [0.25, 0.3) is 5.95 Å². The number of anilines is 1. The van der Waals surface area contributed by atoms with E-state index in [2.05, 4.69) is 50.9 Å². The van der Waals surface area contributed by atoms with Crippen LogP contribution < -0.4 is 4.90 Å². The summed E-state index contributed by atoms with van der Waals surface area (Å²) in [4.78, 5) is 17.3. The molecule has 112 valence electrons. The molecule has 2 aromatic rings. The molecule has 2 atom stereocenters. The van der Waals surface area contributed by atoms with Gasteiger partial charge in [0.15, 0.2) is 0 Å². The van der Waals surface area contributed by atoms with Crippen LogP contribution in [-0.4, -0.2) is 62.9 Å². The Hall–Kier alpha value is -1.73. The van der Waals surface area contributed by atoms with Crippen molar-refractivity contribution >= 4 is 17.5 Å². The van der Waals surface area contributed by atoms with Crippen LogP contribution in [0.4, 0.5) is 5.95 Å². The van der Waals surface area contributed by atoms with E-state index in [-0.39, 0.29) is 5.28 Å². The summed E-state index contributed by atoms with van der Waals surface area (Å²) in [5.74, 6) is 1.59. The molecule has 1 aliphatic heterocycles. The molecule has 2 unspecified atom stereocenters. The minimum absolute atomic E-state index is 0.187. The van der Waals surface area contributed by atoms with Crippen LogP contribution in [0.15, 0.2) is 18.5 Å². The van der Waals surface area contributed by atoms with Crippen molar-refractivity contribution in [2.75, 3.05) is 32.1 Å². The molecule has 0 spiro atoms. The smallest absolute Gasteiger partial charge is 0.256 e. The van der Waals surface area contributed by atoms with Crippen molar-refractivity contribution < 1.29 is 0 Å². The highest BCUT2D eigenvalue weighted by atomic mass is 35.5. The fourth-order valence-electron chi connectivity index (χ4n) is 2.75. The first-order valence-electron chi connectivity index (χ1n) is 6.87. The largest absolute Gasteiger partial charge is 0.339 e. The molecule has 1 aliphatic rings. The van der Waals surface area contributed by atoms with E-state index in [4.69, 9.17) is 11.6 Å².